The van der Waals surface area contributed by atoms with Gasteiger partial charge in [-0.05, 0) is 77.2 Å². The van der Waals surface area contributed by atoms with Gasteiger partial charge in [0.05, 0.1) is 16.1 Å². The first-order valence-electron chi connectivity index (χ1n) is 12.5. The number of carbonyl (C=O) groups is 1. The van der Waals surface area contributed by atoms with E-state index >= 15 is 0 Å². The number of amides is 1. The standard InChI is InChI=1S/C14H10ClFN2.C14H30N2O/c1-8-2-4-11(15)10(6-8)14-17-12-5-3-9(16)7-13(12)18-14;1-6-8-10-13(7-2)14(17)16(5)12-9-11-15(3)4/h2-7H,1H3,(H,17,18);13H,6-12H2,1-5H3/t;13-/m.0/s1. The van der Waals surface area contributed by atoms with Gasteiger partial charge in [-0.15, -0.1) is 0 Å². The Kier molecular flexibility index (Phi) is 11.7. The second-order valence-electron chi connectivity index (χ2n) is 9.39. The van der Waals surface area contributed by atoms with Crippen molar-refractivity contribution in [2.75, 3.05) is 34.2 Å². The van der Waals surface area contributed by atoms with Gasteiger partial charge in [-0.3, -0.25) is 4.79 Å². The molecule has 0 bridgehead atoms. The number of unbranched alkanes of at least 4 members (excludes halogenated alkanes) is 1. The van der Waals surface area contributed by atoms with Crippen LogP contribution < -0.4 is 0 Å². The van der Waals surface area contributed by atoms with Gasteiger partial charge in [-0.1, -0.05) is 49.9 Å². The fourth-order valence-electron chi connectivity index (χ4n) is 3.93. The zero-order chi connectivity index (χ0) is 26.0. The average molecular weight is 503 g/mol. The van der Waals surface area contributed by atoms with Gasteiger partial charge in [-0.25, -0.2) is 9.37 Å². The first-order chi connectivity index (χ1) is 16.7. The zero-order valence-electron chi connectivity index (χ0n) is 22.0. The molecule has 1 heterocycles. The second-order valence-corrected chi connectivity index (χ2v) is 9.80. The van der Waals surface area contributed by atoms with Gasteiger partial charge in [0.25, 0.3) is 0 Å². The third-order valence-electron chi connectivity index (χ3n) is 6.04. The monoisotopic (exact) mass is 502 g/mol. The maximum atomic E-state index is 13.1. The number of aromatic amines is 1. The number of H-pyrrole nitrogens is 1. The molecule has 1 amide bonds. The van der Waals surface area contributed by atoms with Crippen molar-refractivity contribution < 1.29 is 9.18 Å². The molecular weight excluding hydrogens is 463 g/mol. The predicted molar refractivity (Wildman–Crippen MR) is 145 cm³/mol. The Morgan fingerprint density at radius 1 is 1.09 bits per heavy atom. The molecule has 7 heteroatoms. The largest absolute Gasteiger partial charge is 0.345 e. The molecule has 1 atom stereocenters. The molecule has 0 saturated heterocycles. The van der Waals surface area contributed by atoms with Crippen LogP contribution in [-0.2, 0) is 4.79 Å². The molecule has 1 aromatic heterocycles. The number of rotatable bonds is 10. The highest BCUT2D eigenvalue weighted by Gasteiger charge is 2.19. The molecule has 0 aliphatic carbocycles. The van der Waals surface area contributed by atoms with E-state index in [2.05, 4.69) is 42.8 Å². The quantitative estimate of drug-likeness (QED) is 0.326. The summed E-state index contributed by atoms with van der Waals surface area (Å²) in [5.41, 5.74) is 3.32. The van der Waals surface area contributed by atoms with Gasteiger partial charge in [0.1, 0.15) is 11.6 Å². The van der Waals surface area contributed by atoms with E-state index in [0.29, 0.717) is 22.3 Å². The van der Waals surface area contributed by atoms with Crippen LogP contribution in [0.15, 0.2) is 36.4 Å². The summed E-state index contributed by atoms with van der Waals surface area (Å²) in [6.45, 7) is 8.20. The fourth-order valence-corrected chi connectivity index (χ4v) is 4.14. The fraction of sp³-hybridized carbons (Fsp3) is 0.500. The van der Waals surface area contributed by atoms with Gasteiger partial charge < -0.3 is 14.8 Å². The predicted octanol–water partition coefficient (Wildman–Crippen LogP) is 6.94. The van der Waals surface area contributed by atoms with Crippen molar-refractivity contribution in [2.24, 2.45) is 5.92 Å². The van der Waals surface area contributed by atoms with Crippen molar-refractivity contribution in [2.45, 2.75) is 52.9 Å². The van der Waals surface area contributed by atoms with Gasteiger partial charge >= 0.3 is 0 Å². The van der Waals surface area contributed by atoms with E-state index in [1.165, 1.54) is 18.6 Å². The van der Waals surface area contributed by atoms with E-state index in [1.54, 1.807) is 6.07 Å². The number of fused-ring (bicyclic) bond motifs is 1. The van der Waals surface area contributed by atoms with Crippen LogP contribution in [0.4, 0.5) is 4.39 Å². The SMILES string of the molecule is CCCC[C@H](CC)C(=O)N(C)CCCN(C)C.Cc1ccc(Cl)c(-c2nc3ccc(F)cc3[nH]2)c1. The van der Waals surface area contributed by atoms with Gasteiger partial charge in [0.2, 0.25) is 5.91 Å². The first kappa shape index (κ1) is 28.8. The molecule has 5 nitrogen and oxygen atoms in total. The number of nitrogens with zero attached hydrogens (tertiary/aromatic N) is 3. The summed E-state index contributed by atoms with van der Waals surface area (Å²) in [6, 6.07) is 10.2. The number of hydrogen-bond donors (Lipinski definition) is 1. The second kappa shape index (κ2) is 14.2. The van der Waals surface area contributed by atoms with Gasteiger partial charge in [-0.2, -0.15) is 0 Å². The van der Waals surface area contributed by atoms with Crippen LogP contribution in [0.5, 0.6) is 0 Å². The highest BCUT2D eigenvalue weighted by atomic mass is 35.5. The summed E-state index contributed by atoms with van der Waals surface area (Å²) >= 11 is 6.16. The molecule has 0 radical (unpaired) electrons. The lowest BCUT2D eigenvalue weighted by molar-refractivity contribution is -0.134. The maximum Gasteiger partial charge on any atom is 0.225 e. The number of hydrogen-bond acceptors (Lipinski definition) is 3. The number of benzene rings is 2. The van der Waals surface area contributed by atoms with E-state index < -0.39 is 0 Å². The van der Waals surface area contributed by atoms with Crippen LogP contribution in [0.1, 0.15) is 51.5 Å². The summed E-state index contributed by atoms with van der Waals surface area (Å²) < 4.78 is 13.1. The number of halogens is 2. The molecule has 0 aliphatic rings. The number of aryl methyl sites for hydroxylation is 1. The lowest BCUT2D eigenvalue weighted by Crippen LogP contribution is -2.34. The number of carbonyl (C=O) groups excluding carboxylic acids is 1. The Morgan fingerprint density at radius 3 is 2.49 bits per heavy atom. The van der Waals surface area contributed by atoms with Gasteiger partial charge in [0, 0.05) is 25.1 Å². The average Bonchev–Trinajstić information content (AvgIpc) is 3.24. The van der Waals surface area contributed by atoms with Crippen LogP contribution in [0.25, 0.3) is 22.4 Å². The van der Waals surface area contributed by atoms with Crippen LogP contribution in [0, 0.1) is 18.7 Å². The van der Waals surface area contributed by atoms with Crippen molar-refractivity contribution in [3.05, 3.63) is 52.8 Å². The summed E-state index contributed by atoms with van der Waals surface area (Å²) in [6.07, 6.45) is 5.41. The molecule has 0 fully saturated rings. The minimum Gasteiger partial charge on any atom is -0.345 e. The summed E-state index contributed by atoms with van der Waals surface area (Å²) in [5, 5.41) is 0.625. The Labute approximate surface area is 214 Å². The summed E-state index contributed by atoms with van der Waals surface area (Å²) in [4.78, 5) is 23.7. The molecule has 0 aliphatic heterocycles. The molecule has 2 aromatic carbocycles. The van der Waals surface area contributed by atoms with E-state index in [0.717, 1.165) is 55.4 Å². The molecule has 3 rings (SSSR count). The lowest BCUT2D eigenvalue weighted by atomic mass is 9.98. The highest BCUT2D eigenvalue weighted by molar-refractivity contribution is 6.33. The minimum atomic E-state index is -0.284. The topological polar surface area (TPSA) is 52.2 Å². The van der Waals surface area contributed by atoms with Crippen molar-refractivity contribution in [1.82, 2.24) is 19.8 Å². The van der Waals surface area contributed by atoms with E-state index in [4.69, 9.17) is 11.6 Å². The third kappa shape index (κ3) is 8.93. The zero-order valence-corrected chi connectivity index (χ0v) is 22.8. The molecule has 35 heavy (non-hydrogen) atoms. The molecule has 3 aromatic rings. The Balaban J connectivity index is 0.000000248. The molecule has 0 saturated carbocycles. The molecule has 0 unspecified atom stereocenters. The van der Waals surface area contributed by atoms with Crippen LogP contribution >= 0.6 is 11.6 Å². The van der Waals surface area contributed by atoms with Crippen LogP contribution in [0.3, 0.4) is 0 Å². The number of imidazole rings is 1. The van der Waals surface area contributed by atoms with Crippen molar-refractivity contribution in [3.63, 3.8) is 0 Å². The molecule has 1 N–H and O–H groups in total. The summed E-state index contributed by atoms with van der Waals surface area (Å²) in [5.74, 6) is 0.941. The van der Waals surface area contributed by atoms with Crippen LogP contribution in [-0.4, -0.2) is 59.9 Å². The van der Waals surface area contributed by atoms with Crippen molar-refractivity contribution >= 4 is 28.5 Å². The molecule has 192 valence electrons. The van der Waals surface area contributed by atoms with Crippen molar-refractivity contribution in [1.29, 1.82) is 0 Å². The van der Waals surface area contributed by atoms with Crippen LogP contribution in [0.2, 0.25) is 5.02 Å². The Hall–Kier alpha value is -2.44. The van der Waals surface area contributed by atoms with E-state index in [9.17, 15) is 9.18 Å². The molecular formula is C28H40ClFN4O. The third-order valence-corrected chi connectivity index (χ3v) is 6.37. The summed E-state index contributed by atoms with van der Waals surface area (Å²) in [7, 11) is 6.07. The van der Waals surface area contributed by atoms with Crippen molar-refractivity contribution in [3.8, 4) is 11.4 Å². The Morgan fingerprint density at radius 2 is 1.83 bits per heavy atom. The first-order valence-corrected chi connectivity index (χ1v) is 12.9. The van der Waals surface area contributed by atoms with Gasteiger partial charge in [0.15, 0.2) is 0 Å². The lowest BCUT2D eigenvalue weighted by Gasteiger charge is -2.23. The molecule has 0 spiro atoms. The number of nitrogens with one attached hydrogen (secondary N) is 1. The smallest absolute Gasteiger partial charge is 0.225 e. The number of aromatic nitrogens is 2. The highest BCUT2D eigenvalue weighted by Crippen LogP contribution is 2.28. The Bertz CT molecular complexity index is 1080. The minimum absolute atomic E-state index is 0.235. The maximum absolute atomic E-state index is 13.1. The normalized spacial score (nSPS) is 11.9. The van der Waals surface area contributed by atoms with E-state index in [-0.39, 0.29) is 11.7 Å². The van der Waals surface area contributed by atoms with E-state index in [1.807, 2.05) is 37.1 Å².